The zero-order chi connectivity index (χ0) is 11.9. The average Bonchev–Trinajstić information content (AvgIpc) is 2.62. The molecule has 0 saturated heterocycles. The molecule has 88 valence electrons. The van der Waals surface area contributed by atoms with Crippen molar-refractivity contribution in [3.05, 3.63) is 17.5 Å². The zero-order valence-electron chi connectivity index (χ0n) is 10.7. The van der Waals surface area contributed by atoms with Gasteiger partial charge in [-0.1, -0.05) is 13.8 Å². The lowest BCUT2D eigenvalue weighted by atomic mass is 10.0. The number of anilines is 1. The molecule has 1 aromatic heterocycles. The summed E-state index contributed by atoms with van der Waals surface area (Å²) in [7, 11) is 0. The van der Waals surface area contributed by atoms with Crippen LogP contribution in [0.2, 0.25) is 0 Å². The Labute approximate surface area is 97.4 Å². The molecular formula is C13H20N2O. The molecule has 0 N–H and O–H groups in total. The lowest BCUT2D eigenvalue weighted by Crippen LogP contribution is -2.30. The first-order valence-electron chi connectivity index (χ1n) is 5.91. The van der Waals surface area contributed by atoms with Gasteiger partial charge in [0.1, 0.15) is 0 Å². The quantitative estimate of drug-likeness (QED) is 0.766. The third kappa shape index (κ3) is 1.64. The first-order chi connectivity index (χ1) is 7.52. The number of nitrogens with zero attached hydrogens (tertiary/aromatic N) is 2. The maximum atomic E-state index is 5.76. The maximum absolute atomic E-state index is 5.76. The van der Waals surface area contributed by atoms with Crippen molar-refractivity contribution >= 4 is 5.69 Å². The van der Waals surface area contributed by atoms with Gasteiger partial charge in [0.15, 0.2) is 12.5 Å². The van der Waals surface area contributed by atoms with Crippen LogP contribution in [0.1, 0.15) is 44.9 Å². The molecule has 1 aliphatic heterocycles. The Kier molecular flexibility index (Phi) is 2.78. The summed E-state index contributed by atoms with van der Waals surface area (Å²) >= 11 is 0. The summed E-state index contributed by atoms with van der Waals surface area (Å²) < 4.78 is 5.76. The molecule has 0 spiro atoms. The number of hydrogen-bond donors (Lipinski definition) is 0. The van der Waals surface area contributed by atoms with Gasteiger partial charge in [0, 0.05) is 17.8 Å². The minimum Gasteiger partial charge on any atom is -0.469 e. The van der Waals surface area contributed by atoms with Crippen molar-refractivity contribution in [3.8, 4) is 5.75 Å². The molecule has 0 aromatic carbocycles. The molecule has 3 nitrogen and oxygen atoms in total. The summed E-state index contributed by atoms with van der Waals surface area (Å²) in [5, 5.41) is 0. The van der Waals surface area contributed by atoms with E-state index in [0.717, 1.165) is 11.4 Å². The lowest BCUT2D eigenvalue weighted by molar-refractivity contribution is 0.336. The van der Waals surface area contributed by atoms with Crippen molar-refractivity contribution < 1.29 is 4.74 Å². The molecule has 16 heavy (non-hydrogen) atoms. The molecule has 2 rings (SSSR count). The number of ether oxygens (including phenoxy) is 1. The fourth-order valence-corrected chi connectivity index (χ4v) is 2.09. The van der Waals surface area contributed by atoms with Crippen molar-refractivity contribution in [1.82, 2.24) is 4.98 Å². The largest absolute Gasteiger partial charge is 0.469 e. The van der Waals surface area contributed by atoms with Gasteiger partial charge in [0.25, 0.3) is 0 Å². The maximum Gasteiger partial charge on any atom is 0.166 e. The Morgan fingerprint density at radius 2 is 2.00 bits per heavy atom. The predicted molar refractivity (Wildman–Crippen MR) is 66.2 cm³/mol. The zero-order valence-corrected chi connectivity index (χ0v) is 10.7. The first kappa shape index (κ1) is 11.2. The summed E-state index contributed by atoms with van der Waals surface area (Å²) in [5.41, 5.74) is 3.52. The summed E-state index contributed by atoms with van der Waals surface area (Å²) in [6.07, 6.45) is 1.99. The van der Waals surface area contributed by atoms with Gasteiger partial charge in [-0.15, -0.1) is 0 Å². The molecular weight excluding hydrogens is 200 g/mol. The second kappa shape index (κ2) is 3.96. The normalized spacial score (nSPS) is 14.6. The first-order valence-corrected chi connectivity index (χ1v) is 5.91. The van der Waals surface area contributed by atoms with Gasteiger partial charge < -0.3 is 9.64 Å². The topological polar surface area (TPSA) is 25.4 Å². The minimum absolute atomic E-state index is 0.459. The second-order valence-corrected chi connectivity index (χ2v) is 4.97. The van der Waals surface area contributed by atoms with Crippen molar-refractivity contribution in [3.63, 3.8) is 0 Å². The molecule has 0 amide bonds. The fraction of sp³-hybridized carbons (Fsp3) is 0.615. The van der Waals surface area contributed by atoms with E-state index in [2.05, 4.69) is 37.6 Å². The van der Waals surface area contributed by atoms with E-state index in [0.29, 0.717) is 18.7 Å². The standard InChI is InChI=1S/C13H20N2O/c1-8(2)11-6-14-10(5)13-12(11)15(7-16-13)9(3)4/h6,8-9H,7H2,1-5H3. The van der Waals surface area contributed by atoms with Gasteiger partial charge >= 0.3 is 0 Å². The van der Waals surface area contributed by atoms with E-state index in [1.54, 1.807) is 0 Å². The third-order valence-electron chi connectivity index (χ3n) is 3.09. The minimum atomic E-state index is 0.459. The summed E-state index contributed by atoms with van der Waals surface area (Å²) in [4.78, 5) is 6.72. The molecule has 1 aromatic rings. The summed E-state index contributed by atoms with van der Waals surface area (Å²) in [6, 6.07) is 0.459. The highest BCUT2D eigenvalue weighted by atomic mass is 16.5. The van der Waals surface area contributed by atoms with Crippen LogP contribution in [-0.4, -0.2) is 17.8 Å². The Bertz CT molecular complexity index is 399. The Morgan fingerprint density at radius 3 is 2.56 bits per heavy atom. The Hall–Kier alpha value is -1.25. The van der Waals surface area contributed by atoms with E-state index in [9.17, 15) is 0 Å². The van der Waals surface area contributed by atoms with Gasteiger partial charge in [-0.05, 0) is 26.7 Å². The van der Waals surface area contributed by atoms with Crippen LogP contribution in [0.15, 0.2) is 6.20 Å². The van der Waals surface area contributed by atoms with E-state index in [1.807, 2.05) is 13.1 Å². The van der Waals surface area contributed by atoms with Crippen LogP contribution in [0.5, 0.6) is 5.75 Å². The van der Waals surface area contributed by atoms with Crippen LogP contribution in [-0.2, 0) is 0 Å². The van der Waals surface area contributed by atoms with Crippen molar-refractivity contribution in [2.75, 3.05) is 11.6 Å². The predicted octanol–water partition coefficient (Wildman–Crippen LogP) is 3.08. The molecule has 3 heteroatoms. The Balaban J connectivity index is 2.56. The number of hydrogen-bond acceptors (Lipinski definition) is 3. The SMILES string of the molecule is Cc1ncc(C(C)C)c2c1OCN2C(C)C. The average molecular weight is 220 g/mol. The Morgan fingerprint density at radius 1 is 1.31 bits per heavy atom. The molecule has 0 bridgehead atoms. The number of pyridine rings is 1. The van der Waals surface area contributed by atoms with E-state index >= 15 is 0 Å². The fourth-order valence-electron chi connectivity index (χ4n) is 2.09. The van der Waals surface area contributed by atoms with Crippen LogP contribution in [0.3, 0.4) is 0 Å². The van der Waals surface area contributed by atoms with E-state index in [1.165, 1.54) is 11.3 Å². The summed E-state index contributed by atoms with van der Waals surface area (Å²) in [6.45, 7) is 11.4. The molecule has 0 aliphatic carbocycles. The molecule has 0 saturated carbocycles. The third-order valence-corrected chi connectivity index (χ3v) is 3.09. The van der Waals surface area contributed by atoms with Crippen LogP contribution in [0.4, 0.5) is 5.69 Å². The van der Waals surface area contributed by atoms with Crippen molar-refractivity contribution in [1.29, 1.82) is 0 Å². The van der Waals surface area contributed by atoms with Gasteiger partial charge in [-0.2, -0.15) is 0 Å². The van der Waals surface area contributed by atoms with Crippen LogP contribution >= 0.6 is 0 Å². The number of rotatable bonds is 2. The van der Waals surface area contributed by atoms with E-state index < -0.39 is 0 Å². The highest BCUT2D eigenvalue weighted by molar-refractivity contribution is 5.68. The highest BCUT2D eigenvalue weighted by Crippen LogP contribution is 2.42. The smallest absolute Gasteiger partial charge is 0.166 e. The molecule has 0 fully saturated rings. The van der Waals surface area contributed by atoms with Gasteiger partial charge in [0.2, 0.25) is 0 Å². The van der Waals surface area contributed by atoms with Gasteiger partial charge in [-0.3, -0.25) is 4.98 Å². The lowest BCUT2D eigenvalue weighted by Gasteiger charge is -2.24. The molecule has 1 aliphatic rings. The van der Waals surface area contributed by atoms with Gasteiger partial charge in [-0.25, -0.2) is 0 Å². The van der Waals surface area contributed by atoms with Crippen molar-refractivity contribution in [2.24, 2.45) is 0 Å². The molecule has 2 heterocycles. The van der Waals surface area contributed by atoms with Crippen LogP contribution in [0.25, 0.3) is 0 Å². The molecule has 0 radical (unpaired) electrons. The molecule has 0 unspecified atom stereocenters. The second-order valence-electron chi connectivity index (χ2n) is 4.97. The molecule has 0 atom stereocenters. The van der Waals surface area contributed by atoms with Crippen LogP contribution < -0.4 is 9.64 Å². The van der Waals surface area contributed by atoms with E-state index in [-0.39, 0.29) is 0 Å². The number of aromatic nitrogens is 1. The van der Waals surface area contributed by atoms with Gasteiger partial charge in [0.05, 0.1) is 11.4 Å². The van der Waals surface area contributed by atoms with Crippen molar-refractivity contribution in [2.45, 2.75) is 46.6 Å². The highest BCUT2D eigenvalue weighted by Gasteiger charge is 2.28. The summed E-state index contributed by atoms with van der Waals surface area (Å²) in [5.74, 6) is 1.45. The van der Waals surface area contributed by atoms with Crippen LogP contribution in [0, 0.1) is 6.92 Å². The monoisotopic (exact) mass is 220 g/mol. The number of fused-ring (bicyclic) bond motifs is 1. The van der Waals surface area contributed by atoms with E-state index in [4.69, 9.17) is 4.74 Å². The number of aryl methyl sites for hydroxylation is 1.